The van der Waals surface area contributed by atoms with Gasteiger partial charge in [0.1, 0.15) is 11.0 Å². The number of benzene rings is 1. The molecule has 2 aliphatic heterocycles. The predicted molar refractivity (Wildman–Crippen MR) is 128 cm³/mol. The standard InChI is InChI=1S/C26H31NO4S/c1-4-7-21-16-32(29,30)24-15-31-23(25(21)24)10-9-20(22-8-5-6-11-27-22)14-19-12-17(2)26(28)18(3)13-19/h5-6,8,11-14,23-24,28H,4,7,9-10,15-16H2,1-3H3/b20-14-/t23-,24+/m1/s1. The Morgan fingerprint density at radius 1 is 1.25 bits per heavy atom. The summed E-state index contributed by atoms with van der Waals surface area (Å²) in [6.07, 6.45) is 6.93. The number of ether oxygens (including phenoxy) is 1. The number of pyridine rings is 1. The van der Waals surface area contributed by atoms with Crippen LogP contribution in [0.5, 0.6) is 5.75 Å². The molecule has 1 saturated heterocycles. The summed E-state index contributed by atoms with van der Waals surface area (Å²) in [5.74, 6) is 0.514. The van der Waals surface area contributed by atoms with E-state index in [0.29, 0.717) is 12.2 Å². The van der Waals surface area contributed by atoms with E-state index < -0.39 is 15.1 Å². The number of sulfone groups is 1. The lowest BCUT2D eigenvalue weighted by Gasteiger charge is -2.15. The number of fused-ring (bicyclic) bond motifs is 1. The number of phenolic OH excluding ortho intramolecular Hbond substituents is 1. The molecule has 5 nitrogen and oxygen atoms in total. The summed E-state index contributed by atoms with van der Waals surface area (Å²) in [7, 11) is -3.13. The van der Waals surface area contributed by atoms with Crippen molar-refractivity contribution in [3.63, 3.8) is 0 Å². The van der Waals surface area contributed by atoms with Gasteiger partial charge in [0.15, 0.2) is 9.84 Å². The fraction of sp³-hybridized carbons (Fsp3) is 0.423. The number of aryl methyl sites for hydroxylation is 2. The Bertz CT molecular complexity index is 1140. The van der Waals surface area contributed by atoms with Crippen molar-refractivity contribution in [3.05, 3.63) is 70.1 Å². The fourth-order valence-electron chi connectivity index (χ4n) is 4.91. The topological polar surface area (TPSA) is 76.5 Å². The van der Waals surface area contributed by atoms with E-state index in [1.807, 2.05) is 44.2 Å². The SMILES string of the molecule is CCCC1=C2[C@@H](CC/C(=C/c3cc(C)c(O)c(C)c3)c3ccccn3)OC[C@@H]2S(=O)(=O)C1. The van der Waals surface area contributed by atoms with Crippen molar-refractivity contribution in [2.45, 2.75) is 57.8 Å². The van der Waals surface area contributed by atoms with Crippen LogP contribution in [0.4, 0.5) is 0 Å². The maximum Gasteiger partial charge on any atom is 0.163 e. The first kappa shape index (κ1) is 22.7. The second-order valence-corrected chi connectivity index (χ2v) is 11.0. The summed E-state index contributed by atoms with van der Waals surface area (Å²) < 4.78 is 31.2. The molecule has 170 valence electrons. The minimum Gasteiger partial charge on any atom is -0.507 e. The van der Waals surface area contributed by atoms with Crippen molar-refractivity contribution in [2.75, 3.05) is 12.4 Å². The van der Waals surface area contributed by atoms with Crippen LogP contribution in [-0.2, 0) is 14.6 Å². The van der Waals surface area contributed by atoms with Crippen LogP contribution in [-0.4, -0.2) is 42.2 Å². The van der Waals surface area contributed by atoms with Crippen LogP contribution >= 0.6 is 0 Å². The van der Waals surface area contributed by atoms with Crippen LogP contribution in [0.15, 0.2) is 47.7 Å². The van der Waals surface area contributed by atoms with Crippen LogP contribution < -0.4 is 0 Å². The molecule has 6 heteroatoms. The first-order valence-corrected chi connectivity index (χ1v) is 13.0. The van der Waals surface area contributed by atoms with Gasteiger partial charge in [-0.2, -0.15) is 0 Å². The lowest BCUT2D eigenvalue weighted by atomic mass is 9.93. The number of allylic oxidation sites excluding steroid dienone is 1. The Morgan fingerprint density at radius 2 is 2.00 bits per heavy atom. The number of nitrogens with zero attached hydrogens (tertiary/aromatic N) is 1. The van der Waals surface area contributed by atoms with Crippen LogP contribution in [0.1, 0.15) is 55.0 Å². The van der Waals surface area contributed by atoms with E-state index in [1.54, 1.807) is 6.20 Å². The lowest BCUT2D eigenvalue weighted by Crippen LogP contribution is -2.19. The average Bonchev–Trinajstić information content (AvgIpc) is 3.30. The molecular formula is C26H31NO4S. The average molecular weight is 454 g/mol. The molecule has 0 unspecified atom stereocenters. The van der Waals surface area contributed by atoms with Crippen molar-refractivity contribution in [3.8, 4) is 5.75 Å². The molecule has 2 aliphatic rings. The normalized spacial score (nSPS) is 22.4. The third-order valence-corrected chi connectivity index (χ3v) is 8.44. The number of phenols is 1. The number of hydrogen-bond acceptors (Lipinski definition) is 5. The highest BCUT2D eigenvalue weighted by Gasteiger charge is 2.46. The molecule has 0 bridgehead atoms. The quantitative estimate of drug-likeness (QED) is 0.596. The highest BCUT2D eigenvalue weighted by molar-refractivity contribution is 7.92. The molecule has 1 aromatic carbocycles. The number of rotatable bonds is 7. The minimum atomic E-state index is -3.13. The molecule has 2 aromatic rings. The van der Waals surface area contributed by atoms with Crippen molar-refractivity contribution in [1.29, 1.82) is 0 Å². The second kappa shape index (κ2) is 9.20. The molecule has 3 heterocycles. The summed E-state index contributed by atoms with van der Waals surface area (Å²) >= 11 is 0. The smallest absolute Gasteiger partial charge is 0.163 e. The maximum atomic E-state index is 12.6. The zero-order chi connectivity index (χ0) is 22.9. The summed E-state index contributed by atoms with van der Waals surface area (Å²) in [5, 5.41) is 9.66. The highest BCUT2D eigenvalue weighted by Crippen LogP contribution is 2.40. The second-order valence-electron chi connectivity index (χ2n) is 8.85. The molecule has 32 heavy (non-hydrogen) atoms. The Labute approximate surface area is 190 Å². The van der Waals surface area contributed by atoms with Gasteiger partial charge in [0.2, 0.25) is 0 Å². The zero-order valence-electron chi connectivity index (χ0n) is 19.0. The molecule has 1 aromatic heterocycles. The van der Waals surface area contributed by atoms with Gasteiger partial charge in [-0.25, -0.2) is 8.42 Å². The Morgan fingerprint density at radius 3 is 2.66 bits per heavy atom. The number of hydrogen-bond donors (Lipinski definition) is 1. The first-order valence-electron chi connectivity index (χ1n) is 11.3. The van der Waals surface area contributed by atoms with Crippen molar-refractivity contribution in [1.82, 2.24) is 4.98 Å². The Hall–Kier alpha value is -2.44. The highest BCUT2D eigenvalue weighted by atomic mass is 32.2. The van der Waals surface area contributed by atoms with E-state index in [9.17, 15) is 13.5 Å². The maximum absolute atomic E-state index is 12.6. The van der Waals surface area contributed by atoms with Gasteiger partial charge in [-0.3, -0.25) is 4.98 Å². The van der Waals surface area contributed by atoms with Gasteiger partial charge in [0.25, 0.3) is 0 Å². The van der Waals surface area contributed by atoms with Gasteiger partial charge in [-0.05, 0) is 91.3 Å². The van der Waals surface area contributed by atoms with E-state index in [0.717, 1.165) is 58.4 Å². The zero-order valence-corrected chi connectivity index (χ0v) is 19.8. The fourth-order valence-corrected chi connectivity index (χ4v) is 6.90. The molecule has 2 atom stereocenters. The van der Waals surface area contributed by atoms with Crippen LogP contribution in [0.3, 0.4) is 0 Å². The summed E-state index contributed by atoms with van der Waals surface area (Å²) in [5.41, 5.74) is 6.73. The monoisotopic (exact) mass is 453 g/mol. The van der Waals surface area contributed by atoms with Crippen molar-refractivity contribution in [2.24, 2.45) is 0 Å². The van der Waals surface area contributed by atoms with Crippen LogP contribution in [0.2, 0.25) is 0 Å². The van der Waals surface area contributed by atoms with E-state index >= 15 is 0 Å². The largest absolute Gasteiger partial charge is 0.507 e. The first-order chi connectivity index (χ1) is 15.3. The summed E-state index contributed by atoms with van der Waals surface area (Å²) in [6, 6.07) is 9.80. The summed E-state index contributed by atoms with van der Waals surface area (Å²) in [4.78, 5) is 4.55. The van der Waals surface area contributed by atoms with E-state index in [-0.39, 0.29) is 18.5 Å². The number of aromatic hydroxyl groups is 1. The third kappa shape index (κ3) is 4.52. The van der Waals surface area contributed by atoms with Crippen LogP contribution in [0, 0.1) is 13.8 Å². The molecule has 4 rings (SSSR count). The minimum absolute atomic E-state index is 0.158. The molecule has 0 aliphatic carbocycles. The van der Waals surface area contributed by atoms with Gasteiger partial charge >= 0.3 is 0 Å². The summed E-state index contributed by atoms with van der Waals surface area (Å²) in [6.45, 7) is 6.15. The van der Waals surface area contributed by atoms with Gasteiger partial charge in [-0.1, -0.05) is 25.0 Å². The van der Waals surface area contributed by atoms with E-state index in [1.165, 1.54) is 0 Å². The van der Waals surface area contributed by atoms with Gasteiger partial charge in [0, 0.05) is 6.20 Å². The van der Waals surface area contributed by atoms with Crippen LogP contribution in [0.25, 0.3) is 11.6 Å². The molecule has 1 fully saturated rings. The van der Waals surface area contributed by atoms with Crippen molar-refractivity contribution < 1.29 is 18.3 Å². The molecule has 0 radical (unpaired) electrons. The van der Waals surface area contributed by atoms with Gasteiger partial charge in [-0.15, -0.1) is 0 Å². The van der Waals surface area contributed by atoms with E-state index in [2.05, 4.69) is 18.0 Å². The number of aromatic nitrogens is 1. The van der Waals surface area contributed by atoms with Crippen molar-refractivity contribution >= 4 is 21.5 Å². The predicted octanol–water partition coefficient (Wildman–Crippen LogP) is 5.02. The molecule has 0 amide bonds. The van der Waals surface area contributed by atoms with Gasteiger partial charge in [0.05, 0.1) is 24.2 Å². The molecule has 1 N–H and O–H groups in total. The van der Waals surface area contributed by atoms with Gasteiger partial charge < -0.3 is 9.84 Å². The van der Waals surface area contributed by atoms with E-state index in [4.69, 9.17) is 4.74 Å². The molecule has 0 saturated carbocycles. The molecular weight excluding hydrogens is 422 g/mol. The Balaban J connectivity index is 1.63. The Kier molecular flexibility index (Phi) is 6.54. The third-order valence-electron chi connectivity index (χ3n) is 6.44. The lowest BCUT2D eigenvalue weighted by molar-refractivity contribution is 0.118. The molecule has 0 spiro atoms.